The molecule has 7 nitrogen and oxygen atoms in total. The van der Waals surface area contributed by atoms with E-state index in [4.69, 9.17) is 15.2 Å². The first-order valence-electron chi connectivity index (χ1n) is 10.0. The van der Waals surface area contributed by atoms with Crippen molar-refractivity contribution < 1.29 is 19.1 Å². The lowest BCUT2D eigenvalue weighted by Crippen LogP contribution is -2.58. The molecular weight excluding hydrogens is 358 g/mol. The lowest BCUT2D eigenvalue weighted by molar-refractivity contribution is -0.152. The summed E-state index contributed by atoms with van der Waals surface area (Å²) in [4.78, 5) is 29.4. The minimum Gasteiger partial charge on any atom is -0.481 e. The predicted molar refractivity (Wildman–Crippen MR) is 106 cm³/mol. The van der Waals surface area contributed by atoms with Gasteiger partial charge in [0.2, 0.25) is 5.91 Å². The van der Waals surface area contributed by atoms with E-state index in [2.05, 4.69) is 0 Å². The zero-order chi connectivity index (χ0) is 20.1. The number of piperazine rings is 1. The molecule has 0 bridgehead atoms. The average molecular weight is 389 g/mol. The zero-order valence-electron chi connectivity index (χ0n) is 16.9. The number of hydrogen-bond donors (Lipinski definition) is 1. The second kappa shape index (κ2) is 8.92. The van der Waals surface area contributed by atoms with Crippen LogP contribution in [-0.2, 0) is 14.3 Å². The lowest BCUT2D eigenvalue weighted by atomic mass is 9.78. The summed E-state index contributed by atoms with van der Waals surface area (Å²) >= 11 is 0. The molecule has 2 aliphatic heterocycles. The Balaban J connectivity index is 1.54. The first kappa shape index (κ1) is 20.6. The summed E-state index contributed by atoms with van der Waals surface area (Å²) < 4.78 is 11.2. The van der Waals surface area contributed by atoms with Gasteiger partial charge in [-0.05, 0) is 44.4 Å². The van der Waals surface area contributed by atoms with Crippen LogP contribution in [0.15, 0.2) is 24.3 Å². The van der Waals surface area contributed by atoms with Crippen LogP contribution in [0.25, 0.3) is 0 Å². The Morgan fingerprint density at radius 2 is 1.82 bits per heavy atom. The Labute approximate surface area is 166 Å². The number of carbonyl (C=O) groups excluding carboxylic acids is 2. The van der Waals surface area contributed by atoms with Gasteiger partial charge >= 0.3 is 0 Å². The highest BCUT2D eigenvalue weighted by Crippen LogP contribution is 2.32. The van der Waals surface area contributed by atoms with Crippen molar-refractivity contribution >= 4 is 11.8 Å². The molecule has 2 N–H and O–H groups in total. The standard InChI is InChI=1S/C21H31N3O4/c1-16-4-3-5-18(14-16)28-17(2)19(25)23-8-10-24(11-9-23)20(26)21(15-22)6-12-27-13-7-21/h3-5,14,17H,6-13,15,22H2,1-2H3. The highest BCUT2D eigenvalue weighted by atomic mass is 16.5. The van der Waals surface area contributed by atoms with Crippen molar-refractivity contribution in [1.82, 2.24) is 9.80 Å². The molecular formula is C21H31N3O4. The predicted octanol–water partition coefficient (Wildman–Crippen LogP) is 1.19. The van der Waals surface area contributed by atoms with E-state index >= 15 is 0 Å². The monoisotopic (exact) mass is 389 g/mol. The van der Waals surface area contributed by atoms with Crippen LogP contribution in [0.4, 0.5) is 0 Å². The maximum atomic E-state index is 13.1. The fraction of sp³-hybridized carbons (Fsp3) is 0.619. The molecule has 1 aromatic rings. The second-order valence-corrected chi connectivity index (χ2v) is 7.79. The van der Waals surface area contributed by atoms with Gasteiger partial charge in [-0.2, -0.15) is 0 Å². The van der Waals surface area contributed by atoms with Gasteiger partial charge in [0.25, 0.3) is 5.91 Å². The van der Waals surface area contributed by atoms with Crippen LogP contribution in [0, 0.1) is 12.3 Å². The minimum atomic E-state index is -0.560. The third kappa shape index (κ3) is 4.47. The number of amides is 2. The summed E-state index contributed by atoms with van der Waals surface area (Å²) in [6.45, 7) is 7.36. The van der Waals surface area contributed by atoms with Gasteiger partial charge in [-0.15, -0.1) is 0 Å². The van der Waals surface area contributed by atoms with Gasteiger partial charge in [0.05, 0.1) is 5.41 Å². The number of hydrogen-bond acceptors (Lipinski definition) is 5. The number of aryl methyl sites for hydroxylation is 1. The van der Waals surface area contributed by atoms with Crippen molar-refractivity contribution in [1.29, 1.82) is 0 Å². The molecule has 2 heterocycles. The normalized spacial score (nSPS) is 20.5. The van der Waals surface area contributed by atoms with Crippen molar-refractivity contribution in [3.63, 3.8) is 0 Å². The highest BCUT2D eigenvalue weighted by Gasteiger charge is 2.42. The summed E-state index contributed by atoms with van der Waals surface area (Å²) in [6, 6.07) is 7.67. The number of ether oxygens (including phenoxy) is 2. The SMILES string of the molecule is Cc1cccc(OC(C)C(=O)N2CCN(C(=O)C3(CN)CCOCC3)CC2)c1. The third-order valence-corrected chi connectivity index (χ3v) is 5.82. The Kier molecular flexibility index (Phi) is 6.57. The lowest BCUT2D eigenvalue weighted by Gasteiger charge is -2.42. The van der Waals surface area contributed by atoms with E-state index in [0.29, 0.717) is 64.5 Å². The van der Waals surface area contributed by atoms with E-state index < -0.39 is 11.5 Å². The smallest absolute Gasteiger partial charge is 0.263 e. The molecule has 1 unspecified atom stereocenters. The van der Waals surface area contributed by atoms with E-state index in [1.165, 1.54) is 0 Å². The molecule has 2 amide bonds. The Bertz CT molecular complexity index is 695. The molecule has 3 rings (SSSR count). The van der Waals surface area contributed by atoms with Gasteiger partial charge in [-0.3, -0.25) is 9.59 Å². The molecule has 28 heavy (non-hydrogen) atoms. The molecule has 0 spiro atoms. The molecule has 7 heteroatoms. The van der Waals surface area contributed by atoms with Gasteiger partial charge < -0.3 is 25.0 Å². The number of benzene rings is 1. The molecule has 0 radical (unpaired) electrons. The molecule has 2 fully saturated rings. The van der Waals surface area contributed by atoms with E-state index in [1.807, 2.05) is 36.1 Å². The quantitative estimate of drug-likeness (QED) is 0.818. The third-order valence-electron chi connectivity index (χ3n) is 5.82. The molecule has 0 saturated carbocycles. The summed E-state index contributed by atoms with van der Waals surface area (Å²) in [6.07, 6.45) is 0.779. The van der Waals surface area contributed by atoms with Crippen LogP contribution in [0.1, 0.15) is 25.3 Å². The van der Waals surface area contributed by atoms with Crippen LogP contribution in [0.3, 0.4) is 0 Å². The van der Waals surface area contributed by atoms with Crippen LogP contribution in [0.2, 0.25) is 0 Å². The topological polar surface area (TPSA) is 85.1 Å². The molecule has 2 saturated heterocycles. The van der Waals surface area contributed by atoms with Crippen LogP contribution >= 0.6 is 0 Å². The maximum Gasteiger partial charge on any atom is 0.263 e. The zero-order valence-corrected chi connectivity index (χ0v) is 16.9. The first-order valence-corrected chi connectivity index (χ1v) is 10.0. The molecule has 1 atom stereocenters. The number of nitrogens with zero attached hydrogens (tertiary/aromatic N) is 2. The Morgan fingerprint density at radius 1 is 1.18 bits per heavy atom. The summed E-state index contributed by atoms with van der Waals surface area (Å²) in [5.41, 5.74) is 6.54. The van der Waals surface area contributed by atoms with Crippen LogP contribution < -0.4 is 10.5 Å². The number of nitrogens with two attached hydrogens (primary N) is 1. The molecule has 0 aromatic heterocycles. The second-order valence-electron chi connectivity index (χ2n) is 7.79. The van der Waals surface area contributed by atoms with Gasteiger partial charge in [0.15, 0.2) is 6.10 Å². The van der Waals surface area contributed by atoms with Gasteiger partial charge in [-0.25, -0.2) is 0 Å². The number of rotatable bonds is 5. The Morgan fingerprint density at radius 3 is 2.43 bits per heavy atom. The molecule has 1 aromatic carbocycles. The molecule has 2 aliphatic rings. The largest absolute Gasteiger partial charge is 0.481 e. The fourth-order valence-electron chi connectivity index (χ4n) is 3.93. The fourth-order valence-corrected chi connectivity index (χ4v) is 3.93. The van der Waals surface area contributed by atoms with E-state index in [1.54, 1.807) is 11.8 Å². The highest BCUT2D eigenvalue weighted by molar-refractivity contribution is 5.84. The van der Waals surface area contributed by atoms with Crippen LogP contribution in [-0.4, -0.2) is 73.7 Å². The van der Waals surface area contributed by atoms with Crippen molar-refractivity contribution in [2.75, 3.05) is 45.9 Å². The van der Waals surface area contributed by atoms with E-state index in [0.717, 1.165) is 5.56 Å². The number of carbonyl (C=O) groups is 2. The summed E-state index contributed by atoms with van der Waals surface area (Å²) in [7, 11) is 0. The van der Waals surface area contributed by atoms with E-state index in [-0.39, 0.29) is 11.8 Å². The minimum absolute atomic E-state index is 0.0480. The first-order chi connectivity index (χ1) is 13.4. The van der Waals surface area contributed by atoms with Crippen molar-refractivity contribution in [3.8, 4) is 5.75 Å². The maximum absolute atomic E-state index is 13.1. The van der Waals surface area contributed by atoms with Gasteiger partial charge in [-0.1, -0.05) is 12.1 Å². The molecule has 154 valence electrons. The average Bonchev–Trinajstić information content (AvgIpc) is 2.73. The van der Waals surface area contributed by atoms with Crippen molar-refractivity contribution in [2.24, 2.45) is 11.1 Å². The van der Waals surface area contributed by atoms with Crippen molar-refractivity contribution in [3.05, 3.63) is 29.8 Å². The van der Waals surface area contributed by atoms with E-state index in [9.17, 15) is 9.59 Å². The van der Waals surface area contributed by atoms with Gasteiger partial charge in [0, 0.05) is 45.9 Å². The van der Waals surface area contributed by atoms with Crippen molar-refractivity contribution in [2.45, 2.75) is 32.8 Å². The summed E-state index contributed by atoms with van der Waals surface area (Å²) in [5, 5.41) is 0. The van der Waals surface area contributed by atoms with Crippen LogP contribution in [0.5, 0.6) is 5.75 Å². The van der Waals surface area contributed by atoms with Gasteiger partial charge in [0.1, 0.15) is 5.75 Å². The summed E-state index contributed by atoms with van der Waals surface area (Å²) in [5.74, 6) is 0.752. The molecule has 0 aliphatic carbocycles. The Hall–Kier alpha value is -2.12.